The first kappa shape index (κ1) is 20.6. The molecule has 0 aliphatic carbocycles. The van der Waals surface area contributed by atoms with Gasteiger partial charge in [-0.25, -0.2) is 8.42 Å². The summed E-state index contributed by atoms with van der Waals surface area (Å²) in [4.78, 5) is 11.2. The summed E-state index contributed by atoms with van der Waals surface area (Å²) in [6.45, 7) is 1.32. The molecule has 6 nitrogen and oxygen atoms in total. The Kier molecular flexibility index (Phi) is 5.22. The number of nitrogens with one attached hydrogen (secondary N) is 2. The Morgan fingerprint density at radius 2 is 1.55 bits per heavy atom. The van der Waals surface area contributed by atoms with Gasteiger partial charge < -0.3 is 5.32 Å². The van der Waals surface area contributed by atoms with Gasteiger partial charge in [0, 0.05) is 30.0 Å². The number of hydrogen-bond donors (Lipinski definition) is 2. The van der Waals surface area contributed by atoms with Gasteiger partial charge in [-0.2, -0.15) is 18.3 Å². The number of aromatic amines is 1. The quantitative estimate of drug-likeness (QED) is 0.660. The van der Waals surface area contributed by atoms with E-state index in [1.165, 1.54) is 55.5 Å². The molecule has 3 aromatic rings. The Morgan fingerprint density at radius 3 is 2.03 bits per heavy atom. The van der Waals surface area contributed by atoms with E-state index in [9.17, 15) is 26.4 Å². The van der Waals surface area contributed by atoms with Crippen molar-refractivity contribution in [3.8, 4) is 22.4 Å². The number of aromatic nitrogens is 2. The van der Waals surface area contributed by atoms with Gasteiger partial charge in [-0.1, -0.05) is 24.3 Å². The summed E-state index contributed by atoms with van der Waals surface area (Å²) < 4.78 is 63.8. The van der Waals surface area contributed by atoms with Gasteiger partial charge in [0.2, 0.25) is 5.91 Å². The first-order valence-corrected chi connectivity index (χ1v) is 10.2. The van der Waals surface area contributed by atoms with Gasteiger partial charge in [-0.15, -0.1) is 0 Å². The van der Waals surface area contributed by atoms with Crippen molar-refractivity contribution in [1.29, 1.82) is 0 Å². The topological polar surface area (TPSA) is 91.9 Å². The van der Waals surface area contributed by atoms with Crippen molar-refractivity contribution < 1.29 is 26.4 Å². The number of carbonyl (C=O) groups excluding carboxylic acids is 1. The van der Waals surface area contributed by atoms with E-state index in [0.29, 0.717) is 11.3 Å². The van der Waals surface area contributed by atoms with Crippen LogP contribution in [0.15, 0.2) is 53.4 Å². The van der Waals surface area contributed by atoms with E-state index in [1.807, 2.05) is 5.10 Å². The number of carbonyl (C=O) groups is 1. The SMILES string of the molecule is CC(=O)Nc1ccc(-c2c(-c3ccc(S(C)(=O)=O)cc3)n[nH]c2C(F)(F)F)cc1. The number of halogens is 3. The number of anilines is 1. The molecule has 0 saturated heterocycles. The van der Waals surface area contributed by atoms with Gasteiger partial charge in [0.15, 0.2) is 9.84 Å². The van der Waals surface area contributed by atoms with E-state index >= 15 is 0 Å². The number of hydrogen-bond acceptors (Lipinski definition) is 4. The van der Waals surface area contributed by atoms with Crippen molar-refractivity contribution >= 4 is 21.4 Å². The molecule has 0 aliphatic heterocycles. The first-order chi connectivity index (χ1) is 13.5. The molecule has 10 heteroatoms. The molecule has 1 heterocycles. The Hall–Kier alpha value is -3.14. The van der Waals surface area contributed by atoms with Crippen LogP contribution in [0.2, 0.25) is 0 Å². The third kappa shape index (κ3) is 4.48. The summed E-state index contributed by atoms with van der Waals surface area (Å²) in [7, 11) is -3.44. The monoisotopic (exact) mass is 423 g/mol. The molecule has 0 fully saturated rings. The molecule has 0 aliphatic rings. The maximum Gasteiger partial charge on any atom is 0.433 e. The number of amides is 1. The molecule has 3 rings (SSSR count). The summed E-state index contributed by atoms with van der Waals surface area (Å²) >= 11 is 0. The zero-order chi connectivity index (χ0) is 21.4. The van der Waals surface area contributed by atoms with Crippen molar-refractivity contribution in [3.05, 3.63) is 54.2 Å². The maximum atomic E-state index is 13.5. The third-order valence-electron chi connectivity index (χ3n) is 4.10. The van der Waals surface area contributed by atoms with Crippen molar-refractivity contribution in [2.75, 3.05) is 11.6 Å². The van der Waals surface area contributed by atoms with Crippen LogP contribution in [0.5, 0.6) is 0 Å². The highest BCUT2D eigenvalue weighted by molar-refractivity contribution is 7.90. The number of alkyl halides is 3. The first-order valence-electron chi connectivity index (χ1n) is 8.31. The summed E-state index contributed by atoms with van der Waals surface area (Å²) in [6.07, 6.45) is -3.63. The van der Waals surface area contributed by atoms with Gasteiger partial charge in [0.1, 0.15) is 11.4 Å². The molecule has 1 amide bonds. The van der Waals surface area contributed by atoms with E-state index in [0.717, 1.165) is 6.26 Å². The van der Waals surface area contributed by atoms with Crippen LogP contribution >= 0.6 is 0 Å². The van der Waals surface area contributed by atoms with Crippen LogP contribution in [-0.4, -0.2) is 30.8 Å². The highest BCUT2D eigenvalue weighted by Crippen LogP contribution is 2.41. The summed E-state index contributed by atoms with van der Waals surface area (Å²) in [5, 5.41) is 8.41. The van der Waals surface area contributed by atoms with E-state index in [1.54, 1.807) is 0 Å². The Morgan fingerprint density at radius 1 is 1.00 bits per heavy atom. The average Bonchev–Trinajstić information content (AvgIpc) is 3.07. The van der Waals surface area contributed by atoms with E-state index < -0.39 is 21.7 Å². The fourth-order valence-corrected chi connectivity index (χ4v) is 3.45. The normalized spacial score (nSPS) is 12.0. The van der Waals surface area contributed by atoms with Crippen molar-refractivity contribution in [2.45, 2.75) is 18.0 Å². The number of benzene rings is 2. The van der Waals surface area contributed by atoms with E-state index in [4.69, 9.17) is 0 Å². The zero-order valence-corrected chi connectivity index (χ0v) is 16.1. The Bertz CT molecular complexity index is 1150. The van der Waals surface area contributed by atoms with Crippen LogP contribution in [0.4, 0.5) is 18.9 Å². The van der Waals surface area contributed by atoms with Gasteiger partial charge in [0.25, 0.3) is 0 Å². The molecule has 0 unspecified atom stereocenters. The zero-order valence-electron chi connectivity index (χ0n) is 15.3. The fraction of sp³-hybridized carbons (Fsp3) is 0.158. The molecule has 0 bridgehead atoms. The lowest BCUT2D eigenvalue weighted by atomic mass is 9.98. The van der Waals surface area contributed by atoms with Crippen molar-refractivity contribution in [3.63, 3.8) is 0 Å². The average molecular weight is 423 g/mol. The molecular weight excluding hydrogens is 407 g/mol. The minimum Gasteiger partial charge on any atom is -0.326 e. The second kappa shape index (κ2) is 7.36. The lowest BCUT2D eigenvalue weighted by molar-refractivity contribution is -0.140. The number of nitrogens with zero attached hydrogens (tertiary/aromatic N) is 1. The highest BCUT2D eigenvalue weighted by Gasteiger charge is 2.38. The highest BCUT2D eigenvalue weighted by atomic mass is 32.2. The van der Waals surface area contributed by atoms with Crippen LogP contribution in [0.25, 0.3) is 22.4 Å². The standard InChI is InChI=1S/C19H16F3N3O3S/c1-11(26)23-14-7-3-12(4-8-14)16-17(24-25-18(16)19(20,21)22)13-5-9-15(10-6-13)29(2,27)28/h3-10H,1-2H3,(H,23,26)(H,24,25). The number of sulfone groups is 1. The molecule has 0 atom stereocenters. The second-order valence-electron chi connectivity index (χ2n) is 6.38. The molecule has 1 aromatic heterocycles. The van der Waals surface area contributed by atoms with E-state index in [-0.39, 0.29) is 27.6 Å². The molecule has 0 spiro atoms. The predicted molar refractivity (Wildman–Crippen MR) is 102 cm³/mol. The molecular formula is C19H16F3N3O3S. The molecule has 2 aromatic carbocycles. The van der Waals surface area contributed by atoms with Crippen LogP contribution in [0.1, 0.15) is 12.6 Å². The Balaban J connectivity index is 2.12. The maximum absolute atomic E-state index is 13.5. The molecule has 0 saturated carbocycles. The third-order valence-corrected chi connectivity index (χ3v) is 5.23. The van der Waals surface area contributed by atoms with Crippen LogP contribution < -0.4 is 5.32 Å². The van der Waals surface area contributed by atoms with Crippen LogP contribution in [0.3, 0.4) is 0 Å². The molecule has 0 radical (unpaired) electrons. The smallest absolute Gasteiger partial charge is 0.326 e. The summed E-state index contributed by atoms with van der Waals surface area (Å²) in [5.74, 6) is -0.302. The summed E-state index contributed by atoms with van der Waals surface area (Å²) in [5.41, 5.74) is -0.152. The summed E-state index contributed by atoms with van der Waals surface area (Å²) in [6, 6.07) is 11.3. The van der Waals surface area contributed by atoms with Crippen molar-refractivity contribution in [1.82, 2.24) is 10.2 Å². The molecule has 29 heavy (non-hydrogen) atoms. The minimum absolute atomic E-state index is 0.0321. The van der Waals surface area contributed by atoms with Gasteiger partial charge in [-0.05, 0) is 29.8 Å². The van der Waals surface area contributed by atoms with Crippen LogP contribution in [-0.2, 0) is 20.8 Å². The van der Waals surface area contributed by atoms with Gasteiger partial charge >= 0.3 is 6.18 Å². The Labute approximate surface area is 164 Å². The van der Waals surface area contributed by atoms with Gasteiger partial charge in [-0.3, -0.25) is 9.89 Å². The molecule has 2 N–H and O–H groups in total. The minimum atomic E-state index is -4.68. The lowest BCUT2D eigenvalue weighted by Crippen LogP contribution is -2.08. The second-order valence-corrected chi connectivity index (χ2v) is 8.39. The lowest BCUT2D eigenvalue weighted by Gasteiger charge is -2.10. The number of H-pyrrole nitrogens is 1. The van der Waals surface area contributed by atoms with Crippen molar-refractivity contribution in [2.24, 2.45) is 0 Å². The predicted octanol–water partition coefficient (Wildman–Crippen LogP) is 4.12. The van der Waals surface area contributed by atoms with Gasteiger partial charge in [0.05, 0.1) is 4.90 Å². The van der Waals surface area contributed by atoms with E-state index in [2.05, 4.69) is 10.4 Å². The largest absolute Gasteiger partial charge is 0.433 e. The number of rotatable bonds is 4. The fourth-order valence-electron chi connectivity index (χ4n) is 2.82. The van der Waals surface area contributed by atoms with Crippen LogP contribution in [0, 0.1) is 0 Å². The molecule has 152 valence electrons.